The zero-order valence-corrected chi connectivity index (χ0v) is 23.2. The number of carboxylic acids is 1. The van der Waals surface area contributed by atoms with Gasteiger partial charge in [0, 0.05) is 29.3 Å². The van der Waals surface area contributed by atoms with Crippen molar-refractivity contribution in [2.75, 3.05) is 7.11 Å². The summed E-state index contributed by atoms with van der Waals surface area (Å²) in [6.45, 7) is 1.75. The Morgan fingerprint density at radius 1 is 0.905 bits per heavy atom. The first-order valence-electron chi connectivity index (χ1n) is 13.0. The number of amides is 1. The summed E-state index contributed by atoms with van der Waals surface area (Å²) in [7, 11) is 1.31. The molecule has 0 spiro atoms. The first-order valence-corrected chi connectivity index (χ1v) is 13.0. The summed E-state index contributed by atoms with van der Waals surface area (Å²) in [4.78, 5) is 35.5. The van der Waals surface area contributed by atoms with Crippen molar-refractivity contribution >= 4 is 23.7 Å². The molecule has 0 aliphatic heterocycles. The lowest BCUT2D eigenvalue weighted by Gasteiger charge is -2.23. The molecule has 42 heavy (non-hydrogen) atoms. The lowest BCUT2D eigenvalue weighted by molar-refractivity contribution is -0.605. The summed E-state index contributed by atoms with van der Waals surface area (Å²) in [5, 5.41) is 30.1. The summed E-state index contributed by atoms with van der Waals surface area (Å²) in [5.41, 5.74) is 9.45. The van der Waals surface area contributed by atoms with Gasteiger partial charge in [0.05, 0.1) is 18.6 Å². The predicted octanol–water partition coefficient (Wildman–Crippen LogP) is 3.81. The number of amidine groups is 1. The van der Waals surface area contributed by atoms with Crippen LogP contribution in [0.25, 0.3) is 11.1 Å². The fraction of sp³-hybridized carbons (Fsp3) is 0.156. The minimum absolute atomic E-state index is 0.0565. The van der Waals surface area contributed by atoms with Crippen LogP contribution in [0.4, 0.5) is 0 Å². The van der Waals surface area contributed by atoms with Crippen molar-refractivity contribution in [3.05, 3.63) is 131 Å². The summed E-state index contributed by atoms with van der Waals surface area (Å²) < 4.78 is 5.67. The number of carbonyl (C=O) groups excluding carboxylic acids is 2. The van der Waals surface area contributed by atoms with Gasteiger partial charge in [-0.05, 0) is 60.4 Å². The molecule has 4 rings (SSSR count). The van der Waals surface area contributed by atoms with E-state index < -0.39 is 23.9 Å². The molecule has 2 atom stereocenters. The van der Waals surface area contributed by atoms with E-state index in [0.29, 0.717) is 27.8 Å². The van der Waals surface area contributed by atoms with Gasteiger partial charge in [0.15, 0.2) is 12.4 Å². The van der Waals surface area contributed by atoms with Crippen LogP contribution >= 0.6 is 0 Å². The quantitative estimate of drug-likeness (QED) is 0.0782. The Kier molecular flexibility index (Phi) is 10.9. The molecule has 4 aromatic rings. The molecule has 0 saturated carbocycles. The van der Waals surface area contributed by atoms with Crippen molar-refractivity contribution in [3.63, 3.8) is 0 Å². The zero-order chi connectivity index (χ0) is 30.6. The van der Waals surface area contributed by atoms with Crippen LogP contribution in [0, 0.1) is 16.5 Å². The Morgan fingerprint density at radius 3 is 2.05 bits per heavy atom. The van der Waals surface area contributed by atoms with Crippen molar-refractivity contribution in [3.8, 4) is 11.1 Å². The maximum atomic E-state index is 12.8. The molecule has 0 bridgehead atoms. The van der Waals surface area contributed by atoms with Crippen LogP contribution in [0.1, 0.15) is 38.8 Å². The van der Waals surface area contributed by atoms with Crippen LogP contribution in [-0.2, 0) is 16.0 Å². The smallest absolute Gasteiger partial charge is 0.335 e. The van der Waals surface area contributed by atoms with Gasteiger partial charge in [-0.2, -0.15) is 4.73 Å². The SMILES string of the molecule is COC(=O)[C@H](Cc1cccc(C(=N)N)c1)[C@@H](C)NC(=O)c1ccc(-c2cc[n+]([O-])cc2)cc1.O=C(O)c1ccccc1. The highest BCUT2D eigenvalue weighted by molar-refractivity contribution is 5.96. The van der Waals surface area contributed by atoms with Crippen LogP contribution in [0.5, 0.6) is 0 Å². The Morgan fingerprint density at radius 2 is 1.50 bits per heavy atom. The second-order valence-electron chi connectivity index (χ2n) is 9.41. The van der Waals surface area contributed by atoms with Crippen LogP contribution < -0.4 is 15.8 Å². The van der Waals surface area contributed by atoms with Gasteiger partial charge in [0.25, 0.3) is 5.91 Å². The molecule has 0 aliphatic rings. The van der Waals surface area contributed by atoms with E-state index in [4.69, 9.17) is 21.0 Å². The molecule has 1 heterocycles. The molecular formula is C32H32N4O6. The van der Waals surface area contributed by atoms with E-state index in [9.17, 15) is 19.6 Å². The largest absolute Gasteiger partial charge is 0.619 e. The number of nitrogens with two attached hydrogens (primary N) is 1. The number of nitrogens with zero attached hydrogens (tertiary/aromatic N) is 1. The maximum absolute atomic E-state index is 12.8. The molecule has 10 heteroatoms. The molecule has 0 aliphatic carbocycles. The van der Waals surface area contributed by atoms with Gasteiger partial charge in [0.1, 0.15) is 5.84 Å². The summed E-state index contributed by atoms with van der Waals surface area (Å²) >= 11 is 0. The van der Waals surface area contributed by atoms with Crippen molar-refractivity contribution in [1.82, 2.24) is 5.32 Å². The van der Waals surface area contributed by atoms with Crippen molar-refractivity contribution in [2.24, 2.45) is 11.7 Å². The van der Waals surface area contributed by atoms with Gasteiger partial charge < -0.3 is 26.1 Å². The third-order valence-electron chi connectivity index (χ3n) is 6.46. The zero-order valence-electron chi connectivity index (χ0n) is 23.2. The lowest BCUT2D eigenvalue weighted by atomic mass is 9.92. The van der Waals surface area contributed by atoms with E-state index in [2.05, 4.69) is 5.32 Å². The van der Waals surface area contributed by atoms with Crippen molar-refractivity contribution in [2.45, 2.75) is 19.4 Å². The number of hydrogen-bond donors (Lipinski definition) is 4. The number of nitrogens with one attached hydrogen (secondary N) is 2. The van der Waals surface area contributed by atoms with Crippen LogP contribution in [0.3, 0.4) is 0 Å². The van der Waals surface area contributed by atoms with Gasteiger partial charge in [-0.3, -0.25) is 15.0 Å². The maximum Gasteiger partial charge on any atom is 0.335 e. The number of methoxy groups -OCH3 is 1. The number of carbonyl (C=O) groups is 3. The minimum Gasteiger partial charge on any atom is -0.619 e. The Bertz CT molecular complexity index is 1520. The second-order valence-corrected chi connectivity index (χ2v) is 9.41. The van der Waals surface area contributed by atoms with Crippen LogP contribution in [0.15, 0.2) is 103 Å². The molecule has 0 fully saturated rings. The standard InChI is InChI=1S/C25H26N4O4.C7H6O2/c1-16(22(25(31)33-2)15-17-4-3-5-21(14-17)23(26)27)28-24(30)20-8-6-18(7-9-20)19-10-12-29(32)13-11-19;8-7(9)6-4-2-1-3-5-6/h3-14,16,22H,15H2,1-2H3,(H3,26,27)(H,28,30);1-5H,(H,8,9)/t16-,22-;/m1./s1. The molecule has 1 amide bonds. The first kappa shape index (κ1) is 31.0. The molecule has 0 unspecified atom stereocenters. The van der Waals surface area contributed by atoms with Crippen LogP contribution in [-0.4, -0.2) is 41.9 Å². The fourth-order valence-electron chi connectivity index (χ4n) is 4.13. The average molecular weight is 569 g/mol. The number of benzene rings is 3. The second kappa shape index (κ2) is 14.8. The van der Waals surface area contributed by atoms with Gasteiger partial charge in [0.2, 0.25) is 0 Å². The third-order valence-corrected chi connectivity index (χ3v) is 6.46. The predicted molar refractivity (Wildman–Crippen MR) is 158 cm³/mol. The topological polar surface area (TPSA) is 170 Å². The fourth-order valence-corrected chi connectivity index (χ4v) is 4.13. The van der Waals surface area contributed by atoms with E-state index in [1.807, 2.05) is 6.07 Å². The molecule has 0 saturated heterocycles. The number of ether oxygens (including phenoxy) is 1. The summed E-state index contributed by atoms with van der Waals surface area (Å²) in [5.74, 6) is -2.31. The highest BCUT2D eigenvalue weighted by Gasteiger charge is 2.28. The highest BCUT2D eigenvalue weighted by atomic mass is 16.5. The van der Waals surface area contributed by atoms with E-state index in [-0.39, 0.29) is 11.7 Å². The monoisotopic (exact) mass is 568 g/mol. The molecule has 0 radical (unpaired) electrons. The van der Waals surface area contributed by atoms with Crippen LogP contribution in [0.2, 0.25) is 0 Å². The van der Waals surface area contributed by atoms with E-state index in [0.717, 1.165) is 16.7 Å². The highest BCUT2D eigenvalue weighted by Crippen LogP contribution is 2.20. The van der Waals surface area contributed by atoms with Gasteiger partial charge in [-0.1, -0.05) is 48.5 Å². The normalized spacial score (nSPS) is 11.7. The molecule has 1 aromatic heterocycles. The van der Waals surface area contributed by atoms with Gasteiger partial charge in [-0.25, -0.2) is 4.79 Å². The number of aromatic carboxylic acids is 1. The Balaban J connectivity index is 0.000000458. The number of carboxylic acid groups (broad SMARTS) is 1. The van der Waals surface area contributed by atoms with Crippen molar-refractivity contribution in [1.29, 1.82) is 5.41 Å². The van der Waals surface area contributed by atoms with Gasteiger partial charge >= 0.3 is 11.9 Å². The molecule has 5 N–H and O–H groups in total. The van der Waals surface area contributed by atoms with Crippen molar-refractivity contribution < 1.29 is 29.0 Å². The molecule has 216 valence electrons. The number of esters is 1. The number of aromatic nitrogens is 1. The number of rotatable bonds is 9. The summed E-state index contributed by atoms with van der Waals surface area (Å²) in [6, 6.07) is 25.3. The number of pyridine rings is 1. The average Bonchev–Trinajstić information content (AvgIpc) is 3.00. The van der Waals surface area contributed by atoms with E-state index in [1.54, 1.807) is 91.9 Å². The van der Waals surface area contributed by atoms with E-state index >= 15 is 0 Å². The minimum atomic E-state index is -0.879. The van der Waals surface area contributed by atoms with Gasteiger partial charge in [-0.15, -0.1) is 0 Å². The molecule has 3 aromatic carbocycles. The third kappa shape index (κ3) is 8.75. The Labute approximate surface area is 243 Å². The number of hydrogen-bond acceptors (Lipinski definition) is 6. The summed E-state index contributed by atoms with van der Waals surface area (Å²) in [6.07, 6.45) is 3.15. The van der Waals surface area contributed by atoms with E-state index in [1.165, 1.54) is 19.5 Å². The Hall–Kier alpha value is -5.51. The molecular weight excluding hydrogens is 536 g/mol. The lowest BCUT2D eigenvalue weighted by Crippen LogP contribution is -2.42. The molecule has 10 nitrogen and oxygen atoms in total. The number of nitrogen functional groups attached to an aromatic ring is 1. The first-order chi connectivity index (χ1) is 20.1.